The maximum atomic E-state index is 11.7. The first kappa shape index (κ1) is 18.1. The number of rotatable bonds is 6. The van der Waals surface area contributed by atoms with E-state index in [-0.39, 0.29) is 17.4 Å². The van der Waals surface area contributed by atoms with E-state index in [0.29, 0.717) is 17.2 Å². The Bertz CT molecular complexity index is 991. The standard InChI is InChI=1S/C19H18N4O4/c1-12-8-9-14(13(2)10-12)22-18-17(23(24)25)19(21-11-20-18)27-16-7-5-4-6-15(16)26-3/h4-11H,1-3H3,(H,20,21,22). The summed E-state index contributed by atoms with van der Waals surface area (Å²) in [6.07, 6.45) is 1.21. The summed E-state index contributed by atoms with van der Waals surface area (Å²) in [7, 11) is 1.49. The van der Waals surface area contributed by atoms with E-state index in [2.05, 4.69) is 15.3 Å². The van der Waals surface area contributed by atoms with Crippen molar-refractivity contribution in [3.63, 3.8) is 0 Å². The molecule has 27 heavy (non-hydrogen) atoms. The molecule has 0 aliphatic rings. The molecule has 3 rings (SSSR count). The molecule has 0 amide bonds. The summed E-state index contributed by atoms with van der Waals surface area (Å²) in [5.74, 6) is 0.632. The second-order valence-electron chi connectivity index (χ2n) is 5.83. The predicted molar refractivity (Wildman–Crippen MR) is 101 cm³/mol. The van der Waals surface area contributed by atoms with Crippen molar-refractivity contribution < 1.29 is 14.4 Å². The van der Waals surface area contributed by atoms with Gasteiger partial charge in [-0.2, -0.15) is 4.98 Å². The van der Waals surface area contributed by atoms with Crippen molar-refractivity contribution in [1.82, 2.24) is 9.97 Å². The molecule has 3 aromatic rings. The van der Waals surface area contributed by atoms with Gasteiger partial charge >= 0.3 is 11.6 Å². The molecule has 0 aliphatic carbocycles. The minimum atomic E-state index is -0.573. The van der Waals surface area contributed by atoms with Gasteiger partial charge in [-0.25, -0.2) is 4.98 Å². The highest BCUT2D eigenvalue weighted by Crippen LogP contribution is 2.38. The summed E-state index contributed by atoms with van der Waals surface area (Å²) in [5.41, 5.74) is 2.39. The van der Waals surface area contributed by atoms with Crippen LogP contribution < -0.4 is 14.8 Å². The molecular weight excluding hydrogens is 348 g/mol. The Morgan fingerprint density at radius 3 is 2.48 bits per heavy atom. The van der Waals surface area contributed by atoms with Crippen LogP contribution in [0.25, 0.3) is 0 Å². The summed E-state index contributed by atoms with van der Waals surface area (Å²) in [6, 6.07) is 12.6. The monoisotopic (exact) mass is 366 g/mol. The Balaban J connectivity index is 2.01. The van der Waals surface area contributed by atoms with Gasteiger partial charge in [0.1, 0.15) is 6.33 Å². The number of ether oxygens (including phenoxy) is 2. The number of hydrogen-bond donors (Lipinski definition) is 1. The molecule has 1 N–H and O–H groups in total. The fraction of sp³-hybridized carbons (Fsp3) is 0.158. The largest absolute Gasteiger partial charge is 0.493 e. The normalized spacial score (nSPS) is 10.3. The minimum absolute atomic E-state index is 0.0480. The molecule has 0 spiro atoms. The van der Waals surface area contributed by atoms with Gasteiger partial charge in [-0.05, 0) is 37.6 Å². The third kappa shape index (κ3) is 3.95. The van der Waals surface area contributed by atoms with Crippen molar-refractivity contribution in [2.24, 2.45) is 0 Å². The van der Waals surface area contributed by atoms with Gasteiger partial charge in [0, 0.05) is 5.69 Å². The number of nitrogens with one attached hydrogen (secondary N) is 1. The van der Waals surface area contributed by atoms with Crippen LogP contribution in [0.1, 0.15) is 11.1 Å². The van der Waals surface area contributed by atoms with E-state index in [9.17, 15) is 10.1 Å². The Labute approximate surface area is 156 Å². The van der Waals surface area contributed by atoms with Crippen LogP contribution in [0.4, 0.5) is 17.2 Å². The fourth-order valence-electron chi connectivity index (χ4n) is 2.58. The van der Waals surface area contributed by atoms with Crippen LogP contribution in [-0.4, -0.2) is 22.0 Å². The molecule has 0 saturated carbocycles. The van der Waals surface area contributed by atoms with Gasteiger partial charge in [0.25, 0.3) is 0 Å². The zero-order chi connectivity index (χ0) is 19.4. The van der Waals surface area contributed by atoms with Crippen molar-refractivity contribution >= 4 is 17.2 Å². The quantitative estimate of drug-likeness (QED) is 0.505. The van der Waals surface area contributed by atoms with Crippen LogP contribution >= 0.6 is 0 Å². The number of nitrogens with zero attached hydrogens (tertiary/aromatic N) is 3. The molecule has 0 atom stereocenters. The Morgan fingerprint density at radius 2 is 1.81 bits per heavy atom. The van der Waals surface area contributed by atoms with Gasteiger partial charge in [0.2, 0.25) is 5.82 Å². The number of benzene rings is 2. The lowest BCUT2D eigenvalue weighted by Gasteiger charge is -2.12. The molecule has 1 aromatic heterocycles. The zero-order valence-electron chi connectivity index (χ0n) is 15.1. The summed E-state index contributed by atoms with van der Waals surface area (Å²) >= 11 is 0. The zero-order valence-corrected chi connectivity index (χ0v) is 15.1. The molecule has 0 radical (unpaired) electrons. The van der Waals surface area contributed by atoms with Crippen LogP contribution in [0, 0.1) is 24.0 Å². The number of anilines is 2. The van der Waals surface area contributed by atoms with Gasteiger partial charge in [0.05, 0.1) is 12.0 Å². The first-order valence-electron chi connectivity index (χ1n) is 8.14. The third-order valence-corrected chi connectivity index (χ3v) is 3.88. The SMILES string of the molecule is COc1ccccc1Oc1ncnc(Nc2ccc(C)cc2C)c1[N+](=O)[O-]. The second kappa shape index (κ2) is 7.69. The number of nitro groups is 1. The molecule has 1 heterocycles. The summed E-state index contributed by atoms with van der Waals surface area (Å²) in [4.78, 5) is 19.1. The number of para-hydroxylation sites is 2. The van der Waals surface area contributed by atoms with Crippen molar-refractivity contribution in [2.45, 2.75) is 13.8 Å². The molecular formula is C19H18N4O4. The first-order valence-corrected chi connectivity index (χ1v) is 8.14. The van der Waals surface area contributed by atoms with Crippen molar-refractivity contribution in [3.8, 4) is 17.4 Å². The van der Waals surface area contributed by atoms with Gasteiger partial charge < -0.3 is 14.8 Å². The molecule has 8 heteroatoms. The van der Waals surface area contributed by atoms with E-state index in [0.717, 1.165) is 11.1 Å². The molecule has 8 nitrogen and oxygen atoms in total. The topological polar surface area (TPSA) is 99.4 Å². The van der Waals surface area contributed by atoms with Crippen LogP contribution in [0.2, 0.25) is 0 Å². The van der Waals surface area contributed by atoms with Gasteiger partial charge in [0.15, 0.2) is 11.5 Å². The van der Waals surface area contributed by atoms with E-state index in [1.165, 1.54) is 13.4 Å². The second-order valence-corrected chi connectivity index (χ2v) is 5.83. The van der Waals surface area contributed by atoms with E-state index in [4.69, 9.17) is 9.47 Å². The molecule has 0 aliphatic heterocycles. The number of hydrogen-bond acceptors (Lipinski definition) is 7. The maximum absolute atomic E-state index is 11.7. The van der Waals surface area contributed by atoms with Gasteiger partial charge in [-0.3, -0.25) is 10.1 Å². The third-order valence-electron chi connectivity index (χ3n) is 3.88. The van der Waals surface area contributed by atoms with E-state index in [1.54, 1.807) is 24.3 Å². The van der Waals surface area contributed by atoms with Gasteiger partial charge in [-0.1, -0.05) is 29.8 Å². The molecule has 0 fully saturated rings. The van der Waals surface area contributed by atoms with Gasteiger partial charge in [-0.15, -0.1) is 0 Å². The molecule has 0 bridgehead atoms. The lowest BCUT2D eigenvalue weighted by atomic mass is 10.1. The molecule has 138 valence electrons. The number of methoxy groups -OCH3 is 1. The van der Waals surface area contributed by atoms with Crippen LogP contribution in [-0.2, 0) is 0 Å². The first-order chi connectivity index (χ1) is 13.0. The van der Waals surface area contributed by atoms with Crippen molar-refractivity contribution in [3.05, 3.63) is 70.0 Å². The Morgan fingerprint density at radius 1 is 1.07 bits per heavy atom. The summed E-state index contributed by atoms with van der Waals surface area (Å²) in [5, 5.41) is 14.7. The van der Waals surface area contributed by atoms with Crippen LogP contribution in [0.15, 0.2) is 48.8 Å². The smallest absolute Gasteiger partial charge is 0.373 e. The highest BCUT2D eigenvalue weighted by Gasteiger charge is 2.26. The minimum Gasteiger partial charge on any atom is -0.493 e. The maximum Gasteiger partial charge on any atom is 0.373 e. The molecule has 0 saturated heterocycles. The Kier molecular flexibility index (Phi) is 5.16. The average Bonchev–Trinajstić information content (AvgIpc) is 2.64. The van der Waals surface area contributed by atoms with Crippen molar-refractivity contribution in [1.29, 1.82) is 0 Å². The molecule has 0 unspecified atom stereocenters. The predicted octanol–water partition coefficient (Wildman–Crippen LogP) is 4.55. The van der Waals surface area contributed by atoms with Crippen LogP contribution in [0.5, 0.6) is 17.4 Å². The van der Waals surface area contributed by atoms with E-state index >= 15 is 0 Å². The number of aryl methyl sites for hydroxylation is 2. The van der Waals surface area contributed by atoms with Crippen LogP contribution in [0.3, 0.4) is 0 Å². The number of aromatic nitrogens is 2. The Hall–Kier alpha value is -3.68. The van der Waals surface area contributed by atoms with E-state index in [1.807, 2.05) is 32.0 Å². The highest BCUT2D eigenvalue weighted by molar-refractivity contribution is 5.70. The lowest BCUT2D eigenvalue weighted by molar-refractivity contribution is -0.385. The average molecular weight is 366 g/mol. The summed E-state index contributed by atoms with van der Waals surface area (Å²) < 4.78 is 10.9. The molecule has 2 aromatic carbocycles. The highest BCUT2D eigenvalue weighted by atomic mass is 16.6. The lowest BCUT2D eigenvalue weighted by Crippen LogP contribution is -2.04. The fourth-order valence-corrected chi connectivity index (χ4v) is 2.58. The van der Waals surface area contributed by atoms with E-state index < -0.39 is 4.92 Å². The van der Waals surface area contributed by atoms with Crippen molar-refractivity contribution in [2.75, 3.05) is 12.4 Å². The summed E-state index contributed by atoms with van der Waals surface area (Å²) in [6.45, 7) is 3.89.